The number of piperazine rings is 1. The average molecular weight is 409 g/mol. The second-order valence-corrected chi connectivity index (χ2v) is 8.82. The highest BCUT2D eigenvalue weighted by Gasteiger charge is 2.67. The summed E-state index contributed by atoms with van der Waals surface area (Å²) in [6, 6.07) is 8.12. The number of hydrogen-bond acceptors (Lipinski definition) is 4. The number of carbonyl (C=O) groups is 3. The van der Waals surface area contributed by atoms with Gasteiger partial charge in [-0.3, -0.25) is 14.4 Å². The van der Waals surface area contributed by atoms with Crippen LogP contribution in [0.4, 0.5) is 0 Å². The van der Waals surface area contributed by atoms with Crippen molar-refractivity contribution in [3.05, 3.63) is 47.5 Å². The Kier molecular flexibility index (Phi) is 4.47. The van der Waals surface area contributed by atoms with E-state index in [0.717, 1.165) is 11.1 Å². The van der Waals surface area contributed by atoms with Gasteiger partial charge in [0.2, 0.25) is 17.7 Å². The molecule has 4 aliphatic heterocycles. The summed E-state index contributed by atoms with van der Waals surface area (Å²) in [5.74, 6) is -1.26. The largest absolute Gasteiger partial charge is 0.360 e. The van der Waals surface area contributed by atoms with Crippen LogP contribution in [0, 0.1) is 18.8 Å². The smallest absolute Gasteiger partial charge is 0.242 e. The van der Waals surface area contributed by atoms with E-state index in [1.54, 1.807) is 9.80 Å². The Labute approximate surface area is 176 Å². The predicted molar refractivity (Wildman–Crippen MR) is 109 cm³/mol. The molecule has 5 rings (SSSR count). The third kappa shape index (κ3) is 2.87. The lowest BCUT2D eigenvalue weighted by atomic mass is 9.76. The summed E-state index contributed by atoms with van der Waals surface area (Å²) >= 11 is 0. The van der Waals surface area contributed by atoms with Crippen molar-refractivity contribution in [2.75, 3.05) is 32.7 Å². The molecule has 0 aliphatic carbocycles. The molecule has 4 atom stereocenters. The van der Waals surface area contributed by atoms with Gasteiger partial charge >= 0.3 is 0 Å². The van der Waals surface area contributed by atoms with E-state index >= 15 is 0 Å². The number of hydrogen-bond donors (Lipinski definition) is 0. The van der Waals surface area contributed by atoms with Crippen LogP contribution in [0.1, 0.15) is 18.1 Å². The van der Waals surface area contributed by atoms with Crippen molar-refractivity contribution < 1.29 is 19.1 Å². The molecule has 4 aliphatic rings. The zero-order valence-electron chi connectivity index (χ0n) is 17.4. The van der Waals surface area contributed by atoms with Crippen LogP contribution in [-0.2, 0) is 25.7 Å². The van der Waals surface area contributed by atoms with Gasteiger partial charge in [-0.15, -0.1) is 0 Å². The van der Waals surface area contributed by atoms with Crippen LogP contribution in [-0.4, -0.2) is 76.9 Å². The first kappa shape index (κ1) is 19.3. The number of rotatable bonds is 4. The first-order valence-corrected chi connectivity index (χ1v) is 10.7. The van der Waals surface area contributed by atoms with Crippen molar-refractivity contribution in [1.82, 2.24) is 14.7 Å². The Morgan fingerprint density at radius 3 is 2.80 bits per heavy atom. The maximum absolute atomic E-state index is 13.4. The SMILES string of the molecule is CCN1CCN(C(=O)[C@H]2[C@@H]3C=C[C@@]4(CN(Cc5cccc(C)c5)C(=O)[C@@H]24)O3)CC1=O. The molecular weight excluding hydrogens is 382 g/mol. The van der Waals surface area contributed by atoms with Gasteiger partial charge in [0.15, 0.2) is 0 Å². The highest BCUT2D eigenvalue weighted by atomic mass is 16.5. The number of amides is 3. The lowest BCUT2D eigenvalue weighted by Crippen LogP contribution is -2.55. The molecule has 2 bridgehead atoms. The number of likely N-dealkylation sites (N-methyl/N-ethyl adjacent to an activating group) is 1. The van der Waals surface area contributed by atoms with Gasteiger partial charge in [-0.1, -0.05) is 42.0 Å². The van der Waals surface area contributed by atoms with Crippen molar-refractivity contribution >= 4 is 17.7 Å². The Morgan fingerprint density at radius 1 is 1.23 bits per heavy atom. The monoisotopic (exact) mass is 409 g/mol. The van der Waals surface area contributed by atoms with Gasteiger partial charge in [-0.25, -0.2) is 0 Å². The van der Waals surface area contributed by atoms with Gasteiger partial charge in [0, 0.05) is 26.2 Å². The van der Waals surface area contributed by atoms with Gasteiger partial charge in [0.1, 0.15) is 5.60 Å². The van der Waals surface area contributed by atoms with Crippen LogP contribution in [0.15, 0.2) is 36.4 Å². The number of carbonyl (C=O) groups excluding carboxylic acids is 3. The molecule has 7 heteroatoms. The van der Waals surface area contributed by atoms with Crippen LogP contribution < -0.4 is 0 Å². The van der Waals surface area contributed by atoms with Crippen molar-refractivity contribution in [1.29, 1.82) is 0 Å². The van der Waals surface area contributed by atoms with Gasteiger partial charge in [-0.05, 0) is 19.4 Å². The van der Waals surface area contributed by atoms with E-state index in [9.17, 15) is 14.4 Å². The molecule has 7 nitrogen and oxygen atoms in total. The molecule has 0 unspecified atom stereocenters. The summed E-state index contributed by atoms with van der Waals surface area (Å²) < 4.78 is 6.22. The molecule has 0 radical (unpaired) electrons. The van der Waals surface area contributed by atoms with Crippen molar-refractivity contribution in [2.24, 2.45) is 11.8 Å². The van der Waals surface area contributed by atoms with E-state index in [1.165, 1.54) is 0 Å². The van der Waals surface area contributed by atoms with Gasteiger partial charge < -0.3 is 19.4 Å². The zero-order chi connectivity index (χ0) is 21.0. The molecule has 0 N–H and O–H groups in total. The van der Waals surface area contributed by atoms with E-state index in [1.807, 2.05) is 49.1 Å². The summed E-state index contributed by atoms with van der Waals surface area (Å²) in [7, 11) is 0. The molecule has 0 saturated carbocycles. The summed E-state index contributed by atoms with van der Waals surface area (Å²) in [6.07, 6.45) is 3.51. The summed E-state index contributed by atoms with van der Waals surface area (Å²) in [4.78, 5) is 44.3. The molecule has 0 aromatic heterocycles. The van der Waals surface area contributed by atoms with Crippen LogP contribution in [0.25, 0.3) is 0 Å². The van der Waals surface area contributed by atoms with Crippen LogP contribution in [0.5, 0.6) is 0 Å². The van der Waals surface area contributed by atoms with Gasteiger partial charge in [-0.2, -0.15) is 0 Å². The van der Waals surface area contributed by atoms with Crippen LogP contribution >= 0.6 is 0 Å². The molecule has 1 aromatic rings. The first-order valence-electron chi connectivity index (χ1n) is 10.7. The van der Waals surface area contributed by atoms with E-state index in [-0.39, 0.29) is 30.4 Å². The maximum atomic E-state index is 13.4. The standard InChI is InChI=1S/C23H27N3O4/c1-3-24-9-10-25(13-18(24)27)21(28)19-17-7-8-23(30-17)14-26(22(29)20(19)23)12-16-6-4-5-15(2)11-16/h4-8,11,17,19-20H,3,9-10,12-14H2,1-2H3/t17-,19-,20+,23-/m0/s1. The third-order valence-corrected chi connectivity index (χ3v) is 6.93. The molecule has 4 heterocycles. The number of ether oxygens (including phenoxy) is 1. The number of fused-ring (bicyclic) bond motifs is 1. The molecule has 3 amide bonds. The molecule has 1 spiro atoms. The van der Waals surface area contributed by atoms with Crippen LogP contribution in [0.2, 0.25) is 0 Å². The van der Waals surface area contributed by atoms with Crippen molar-refractivity contribution in [2.45, 2.75) is 32.1 Å². The number of nitrogens with zero attached hydrogens (tertiary/aromatic N) is 3. The molecule has 30 heavy (non-hydrogen) atoms. The Bertz CT molecular complexity index is 944. The summed E-state index contributed by atoms with van der Waals surface area (Å²) in [6.45, 7) is 6.72. The van der Waals surface area contributed by atoms with Gasteiger partial charge in [0.25, 0.3) is 0 Å². The second-order valence-electron chi connectivity index (χ2n) is 8.82. The van der Waals surface area contributed by atoms with E-state index in [4.69, 9.17) is 4.74 Å². The predicted octanol–water partition coefficient (Wildman–Crippen LogP) is 0.968. The minimum atomic E-state index is -0.721. The third-order valence-electron chi connectivity index (χ3n) is 6.93. The van der Waals surface area contributed by atoms with E-state index in [2.05, 4.69) is 6.07 Å². The zero-order valence-corrected chi connectivity index (χ0v) is 17.4. The normalized spacial score (nSPS) is 32.3. The Balaban J connectivity index is 1.36. The maximum Gasteiger partial charge on any atom is 0.242 e. The minimum Gasteiger partial charge on any atom is -0.360 e. The topological polar surface area (TPSA) is 70.2 Å². The highest BCUT2D eigenvalue weighted by Crippen LogP contribution is 2.52. The molecule has 3 saturated heterocycles. The molecule has 158 valence electrons. The van der Waals surface area contributed by atoms with Crippen molar-refractivity contribution in [3.8, 4) is 0 Å². The quantitative estimate of drug-likeness (QED) is 0.695. The molecular formula is C23H27N3O4. The molecule has 1 aromatic carbocycles. The summed E-state index contributed by atoms with van der Waals surface area (Å²) in [5.41, 5.74) is 1.50. The van der Waals surface area contributed by atoms with Gasteiger partial charge in [0.05, 0.1) is 31.0 Å². The Hall–Kier alpha value is -2.67. The lowest BCUT2D eigenvalue weighted by Gasteiger charge is -2.36. The fourth-order valence-corrected chi connectivity index (χ4v) is 5.47. The lowest BCUT2D eigenvalue weighted by molar-refractivity contribution is -0.150. The van der Waals surface area contributed by atoms with E-state index < -0.39 is 17.4 Å². The average Bonchev–Trinajstić information content (AvgIpc) is 3.36. The Morgan fingerprint density at radius 2 is 2.07 bits per heavy atom. The molecule has 3 fully saturated rings. The first-order chi connectivity index (χ1) is 14.4. The summed E-state index contributed by atoms with van der Waals surface area (Å²) in [5, 5.41) is 0. The number of benzene rings is 1. The highest BCUT2D eigenvalue weighted by molar-refractivity contribution is 5.94. The minimum absolute atomic E-state index is 0.0276. The van der Waals surface area contributed by atoms with Crippen molar-refractivity contribution in [3.63, 3.8) is 0 Å². The number of likely N-dealkylation sites (tertiary alicyclic amines) is 1. The second kappa shape index (κ2) is 6.94. The number of aryl methyl sites for hydroxylation is 1. The fourth-order valence-electron chi connectivity index (χ4n) is 5.47. The van der Waals surface area contributed by atoms with E-state index in [0.29, 0.717) is 32.7 Å². The van der Waals surface area contributed by atoms with Crippen LogP contribution in [0.3, 0.4) is 0 Å². The fraction of sp³-hybridized carbons (Fsp3) is 0.522.